The van der Waals surface area contributed by atoms with Gasteiger partial charge in [0.1, 0.15) is 0 Å². The van der Waals surface area contributed by atoms with E-state index >= 15 is 0 Å². The molecule has 0 spiro atoms. The van der Waals surface area contributed by atoms with Crippen molar-refractivity contribution >= 4 is 33.3 Å². The maximum absolute atomic E-state index is 12.2. The Hall–Kier alpha value is -0.600. The molecule has 3 heteroatoms. The average Bonchev–Trinajstić information content (AvgIpc) is 2.33. The molecule has 0 N–H and O–H groups in total. The lowest BCUT2D eigenvalue weighted by Gasteiger charge is -2.17. The number of rotatable bonds is 3. The van der Waals surface area contributed by atoms with E-state index in [1.165, 1.54) is 0 Å². The summed E-state index contributed by atoms with van der Waals surface area (Å²) in [5.74, 6) is 0.920. The van der Waals surface area contributed by atoms with Gasteiger partial charge in [-0.25, -0.2) is 0 Å². The first-order chi connectivity index (χ1) is 8.56. The maximum atomic E-state index is 12.2. The van der Waals surface area contributed by atoms with Gasteiger partial charge in [0.15, 0.2) is 5.78 Å². The van der Waals surface area contributed by atoms with Gasteiger partial charge in [-0.1, -0.05) is 46.6 Å². The van der Waals surface area contributed by atoms with Crippen LogP contribution in [0.1, 0.15) is 31.7 Å². The predicted octanol–water partition coefficient (Wildman–Crippen LogP) is 4.96. The molecule has 0 saturated heterocycles. The Kier molecular flexibility index (Phi) is 4.63. The van der Waals surface area contributed by atoms with E-state index in [1.54, 1.807) is 0 Å². The third-order valence-corrected chi connectivity index (χ3v) is 4.24. The minimum absolute atomic E-state index is 0.214. The summed E-state index contributed by atoms with van der Waals surface area (Å²) in [6.45, 7) is 2.23. The summed E-state index contributed by atoms with van der Waals surface area (Å²) < 4.78 is 0.939. The topological polar surface area (TPSA) is 17.1 Å². The number of allylic oxidation sites excluding steroid dienone is 2. The molecule has 0 fully saturated rings. The van der Waals surface area contributed by atoms with Crippen molar-refractivity contribution < 1.29 is 4.79 Å². The molecular formula is C15H16BrClO. The number of halogens is 2. The predicted molar refractivity (Wildman–Crippen MR) is 79.0 cm³/mol. The number of benzene rings is 1. The van der Waals surface area contributed by atoms with Crippen LogP contribution in [-0.2, 0) is 11.2 Å². The van der Waals surface area contributed by atoms with Gasteiger partial charge in [0.2, 0.25) is 0 Å². The summed E-state index contributed by atoms with van der Waals surface area (Å²) in [5, 5.41) is 0.655. The van der Waals surface area contributed by atoms with Crippen molar-refractivity contribution in [2.45, 2.75) is 32.6 Å². The fraction of sp³-hybridized carbons (Fsp3) is 0.400. The smallest absolute Gasteiger partial charge is 0.162 e. The molecule has 0 saturated carbocycles. The number of hydrogen-bond donors (Lipinski definition) is 0. The lowest BCUT2D eigenvalue weighted by Crippen LogP contribution is -2.12. The molecule has 1 aliphatic carbocycles. The summed E-state index contributed by atoms with van der Waals surface area (Å²) in [6, 6.07) is 5.67. The van der Waals surface area contributed by atoms with Crippen LogP contribution in [-0.4, -0.2) is 5.78 Å². The summed E-state index contributed by atoms with van der Waals surface area (Å²) in [7, 11) is 0. The molecule has 1 atom stereocenters. The molecule has 1 aromatic rings. The number of carbonyl (C=O) groups excluding carboxylic acids is 1. The van der Waals surface area contributed by atoms with E-state index in [1.807, 2.05) is 18.2 Å². The highest BCUT2D eigenvalue weighted by atomic mass is 79.9. The lowest BCUT2D eigenvalue weighted by atomic mass is 9.88. The van der Waals surface area contributed by atoms with Crippen molar-refractivity contribution in [3.8, 4) is 0 Å². The first-order valence-corrected chi connectivity index (χ1v) is 7.39. The van der Waals surface area contributed by atoms with E-state index in [0.29, 0.717) is 17.4 Å². The van der Waals surface area contributed by atoms with E-state index in [4.69, 9.17) is 11.6 Å². The molecule has 18 heavy (non-hydrogen) atoms. The molecule has 1 nitrogen and oxygen atoms in total. The van der Waals surface area contributed by atoms with Crippen LogP contribution in [0.15, 0.2) is 34.3 Å². The molecule has 0 heterocycles. The Bertz CT molecular complexity index is 493. The SMILES string of the molecule is CC1CC=C(C(=O)Cc2ccc(Br)cc2Cl)CC1. The second-order valence-corrected chi connectivity index (χ2v) is 6.27. The molecule has 0 aliphatic heterocycles. The molecular weight excluding hydrogens is 312 g/mol. The summed E-state index contributed by atoms with van der Waals surface area (Å²) in [6.07, 6.45) is 5.56. The minimum atomic E-state index is 0.214. The molecule has 0 bridgehead atoms. The second kappa shape index (κ2) is 6.03. The van der Waals surface area contributed by atoms with Crippen molar-refractivity contribution in [2.75, 3.05) is 0 Å². The Morgan fingerprint density at radius 2 is 2.28 bits per heavy atom. The number of hydrogen-bond acceptors (Lipinski definition) is 1. The van der Waals surface area contributed by atoms with Gasteiger partial charge >= 0.3 is 0 Å². The van der Waals surface area contributed by atoms with E-state index in [2.05, 4.69) is 28.9 Å². The molecule has 2 rings (SSSR count). The van der Waals surface area contributed by atoms with Crippen molar-refractivity contribution in [3.05, 3.63) is 44.9 Å². The van der Waals surface area contributed by atoms with Crippen molar-refractivity contribution in [2.24, 2.45) is 5.92 Å². The van der Waals surface area contributed by atoms with Crippen molar-refractivity contribution in [1.82, 2.24) is 0 Å². The molecule has 0 radical (unpaired) electrons. The fourth-order valence-corrected chi connectivity index (χ4v) is 2.91. The van der Waals surface area contributed by atoms with Gasteiger partial charge < -0.3 is 0 Å². The van der Waals surface area contributed by atoms with Crippen LogP contribution in [0.5, 0.6) is 0 Å². The van der Waals surface area contributed by atoms with Gasteiger partial charge in [0.25, 0.3) is 0 Å². The van der Waals surface area contributed by atoms with Crippen LogP contribution < -0.4 is 0 Å². The molecule has 1 aromatic carbocycles. The van der Waals surface area contributed by atoms with Crippen LogP contribution in [0, 0.1) is 5.92 Å². The summed E-state index contributed by atoms with van der Waals surface area (Å²) in [5.41, 5.74) is 1.89. The third kappa shape index (κ3) is 3.46. The first kappa shape index (κ1) is 13.8. The molecule has 0 aromatic heterocycles. The van der Waals surface area contributed by atoms with Gasteiger partial charge in [-0.05, 0) is 48.4 Å². The maximum Gasteiger partial charge on any atom is 0.162 e. The normalized spacial score (nSPS) is 19.5. The van der Waals surface area contributed by atoms with E-state index in [-0.39, 0.29) is 5.78 Å². The summed E-state index contributed by atoms with van der Waals surface area (Å²) in [4.78, 5) is 12.2. The molecule has 1 unspecified atom stereocenters. The monoisotopic (exact) mass is 326 g/mol. The van der Waals surface area contributed by atoms with Crippen LogP contribution in [0.2, 0.25) is 5.02 Å². The number of carbonyl (C=O) groups is 1. The number of Topliss-reactive ketones (excluding diaryl/α,β-unsaturated/α-hetero) is 1. The van der Waals surface area contributed by atoms with Crippen molar-refractivity contribution in [3.63, 3.8) is 0 Å². The second-order valence-electron chi connectivity index (χ2n) is 4.94. The van der Waals surface area contributed by atoms with Crippen LogP contribution in [0.3, 0.4) is 0 Å². The molecule has 0 amide bonds. The Morgan fingerprint density at radius 1 is 1.50 bits per heavy atom. The highest BCUT2D eigenvalue weighted by Crippen LogP contribution is 2.26. The lowest BCUT2D eigenvalue weighted by molar-refractivity contribution is -0.115. The Labute approximate surface area is 121 Å². The van der Waals surface area contributed by atoms with Crippen LogP contribution >= 0.6 is 27.5 Å². The van der Waals surface area contributed by atoms with Gasteiger partial charge in [-0.3, -0.25) is 4.79 Å². The number of ketones is 1. The van der Waals surface area contributed by atoms with Crippen molar-refractivity contribution in [1.29, 1.82) is 0 Å². The van der Waals surface area contributed by atoms with Gasteiger partial charge in [-0.2, -0.15) is 0 Å². The van der Waals surface area contributed by atoms with E-state index in [0.717, 1.165) is 34.9 Å². The van der Waals surface area contributed by atoms with Gasteiger partial charge in [0, 0.05) is 15.9 Å². The van der Waals surface area contributed by atoms with Gasteiger partial charge in [0.05, 0.1) is 0 Å². The Balaban J connectivity index is 2.07. The standard InChI is InChI=1S/C15H16BrClO/c1-10-2-4-11(5-3-10)15(18)8-12-6-7-13(16)9-14(12)17/h4,6-7,9-10H,2-3,5,8H2,1H3. The van der Waals surface area contributed by atoms with E-state index in [9.17, 15) is 4.79 Å². The zero-order chi connectivity index (χ0) is 13.1. The third-order valence-electron chi connectivity index (χ3n) is 3.40. The highest BCUT2D eigenvalue weighted by molar-refractivity contribution is 9.10. The quantitative estimate of drug-likeness (QED) is 0.767. The minimum Gasteiger partial charge on any atom is -0.294 e. The molecule has 96 valence electrons. The molecule has 1 aliphatic rings. The highest BCUT2D eigenvalue weighted by Gasteiger charge is 2.17. The zero-order valence-corrected chi connectivity index (χ0v) is 12.7. The fourth-order valence-electron chi connectivity index (χ4n) is 2.17. The first-order valence-electron chi connectivity index (χ1n) is 6.22. The zero-order valence-electron chi connectivity index (χ0n) is 10.4. The van der Waals surface area contributed by atoms with Crippen LogP contribution in [0.25, 0.3) is 0 Å². The van der Waals surface area contributed by atoms with Crippen LogP contribution in [0.4, 0.5) is 0 Å². The van der Waals surface area contributed by atoms with Gasteiger partial charge in [-0.15, -0.1) is 0 Å². The average molecular weight is 328 g/mol. The largest absolute Gasteiger partial charge is 0.294 e. The Morgan fingerprint density at radius 3 is 2.89 bits per heavy atom. The summed E-state index contributed by atoms with van der Waals surface area (Å²) >= 11 is 9.50. The van der Waals surface area contributed by atoms with E-state index < -0.39 is 0 Å².